The number of amides is 1. The molecule has 2 aliphatic heterocycles. The number of carbonyl (C=O) groups is 2. The van der Waals surface area contributed by atoms with Crippen LogP contribution < -0.4 is 4.74 Å². The average molecular weight is 277 g/mol. The molecule has 106 valence electrons. The molecule has 6 nitrogen and oxygen atoms in total. The molecule has 0 fully saturated rings. The number of hydroxylamine groups is 2. The molecular weight excluding hydrogens is 262 g/mol. The highest BCUT2D eigenvalue weighted by molar-refractivity contribution is 5.92. The number of esters is 1. The zero-order valence-electron chi connectivity index (χ0n) is 11.6. The van der Waals surface area contributed by atoms with Crippen molar-refractivity contribution in [3.63, 3.8) is 0 Å². The number of carbonyl (C=O) groups excluding carboxylic acids is 2. The fourth-order valence-electron chi connectivity index (χ4n) is 3.04. The number of rotatable bonds is 2. The molecule has 2 heterocycles. The third-order valence-corrected chi connectivity index (χ3v) is 3.85. The van der Waals surface area contributed by atoms with E-state index in [1.165, 1.54) is 19.3 Å². The Hall–Kier alpha value is -2.08. The standard InChI is InChI=1S/C14H15NO5/c1-14-7-20-10-5-9(13(17)18-2)4-8(12(10)14)6-11(16)15(14)19-3/h4-5H,6-7H2,1-3H3/t14-/m0/s1. The summed E-state index contributed by atoms with van der Waals surface area (Å²) in [5.41, 5.74) is 1.45. The molecule has 0 aliphatic carbocycles. The maximum atomic E-state index is 12.2. The lowest BCUT2D eigenvalue weighted by Crippen LogP contribution is -2.51. The SMILES string of the molecule is COC(=O)c1cc2c3c(c1)OC[C@]3(C)N(OC)C(=O)C2. The fraction of sp³-hybridized carbons (Fsp3) is 0.429. The predicted molar refractivity (Wildman–Crippen MR) is 68.2 cm³/mol. The molecule has 1 aromatic rings. The van der Waals surface area contributed by atoms with Crippen molar-refractivity contribution in [1.29, 1.82) is 0 Å². The molecule has 1 atom stereocenters. The Kier molecular flexibility index (Phi) is 2.72. The van der Waals surface area contributed by atoms with Gasteiger partial charge in [0.1, 0.15) is 17.9 Å². The van der Waals surface area contributed by atoms with Crippen LogP contribution in [0.4, 0.5) is 0 Å². The van der Waals surface area contributed by atoms with Crippen LogP contribution in [0, 0.1) is 0 Å². The Morgan fingerprint density at radius 2 is 2.15 bits per heavy atom. The van der Waals surface area contributed by atoms with Crippen LogP contribution in [0.5, 0.6) is 5.75 Å². The van der Waals surface area contributed by atoms with E-state index in [0.717, 1.165) is 11.1 Å². The summed E-state index contributed by atoms with van der Waals surface area (Å²) in [7, 11) is 2.79. The van der Waals surface area contributed by atoms with Crippen molar-refractivity contribution in [1.82, 2.24) is 5.06 Å². The van der Waals surface area contributed by atoms with Crippen molar-refractivity contribution in [2.45, 2.75) is 18.9 Å². The van der Waals surface area contributed by atoms with Crippen LogP contribution in [0.3, 0.4) is 0 Å². The second-order valence-electron chi connectivity index (χ2n) is 5.11. The molecular formula is C14H15NO5. The van der Waals surface area contributed by atoms with Gasteiger partial charge in [-0.1, -0.05) is 0 Å². The van der Waals surface area contributed by atoms with Crippen LogP contribution in [-0.2, 0) is 26.3 Å². The number of ether oxygens (including phenoxy) is 2. The number of hydrogen-bond acceptors (Lipinski definition) is 5. The minimum absolute atomic E-state index is 0.152. The summed E-state index contributed by atoms with van der Waals surface area (Å²) in [4.78, 5) is 29.0. The van der Waals surface area contributed by atoms with Gasteiger partial charge in [0.15, 0.2) is 0 Å². The zero-order chi connectivity index (χ0) is 14.5. The zero-order valence-corrected chi connectivity index (χ0v) is 11.6. The third kappa shape index (κ3) is 1.54. The van der Waals surface area contributed by atoms with Gasteiger partial charge in [-0.2, -0.15) is 0 Å². The molecule has 1 amide bonds. The normalized spacial score (nSPS) is 23.4. The Morgan fingerprint density at radius 1 is 1.40 bits per heavy atom. The van der Waals surface area contributed by atoms with E-state index in [9.17, 15) is 9.59 Å². The van der Waals surface area contributed by atoms with E-state index >= 15 is 0 Å². The van der Waals surface area contributed by atoms with Crippen LogP contribution in [0.25, 0.3) is 0 Å². The van der Waals surface area contributed by atoms with Crippen molar-refractivity contribution in [3.05, 3.63) is 28.8 Å². The van der Waals surface area contributed by atoms with Crippen LogP contribution in [-0.4, -0.2) is 37.8 Å². The summed E-state index contributed by atoms with van der Waals surface area (Å²) in [6.07, 6.45) is 0.181. The third-order valence-electron chi connectivity index (χ3n) is 3.85. The second-order valence-corrected chi connectivity index (χ2v) is 5.11. The van der Waals surface area contributed by atoms with Crippen molar-refractivity contribution < 1.29 is 23.9 Å². The first-order valence-corrected chi connectivity index (χ1v) is 6.27. The van der Waals surface area contributed by atoms with E-state index in [4.69, 9.17) is 14.3 Å². The Balaban J connectivity index is 2.18. The Bertz CT molecular complexity index is 612. The molecule has 0 saturated heterocycles. The highest BCUT2D eigenvalue weighted by Crippen LogP contribution is 2.46. The second kappa shape index (κ2) is 4.21. The molecule has 1 aromatic carbocycles. The first-order chi connectivity index (χ1) is 9.51. The summed E-state index contributed by atoms with van der Waals surface area (Å²) >= 11 is 0. The van der Waals surface area contributed by atoms with E-state index in [1.54, 1.807) is 12.1 Å². The number of nitrogens with zero attached hydrogens (tertiary/aromatic N) is 1. The number of benzene rings is 1. The molecule has 0 aromatic heterocycles. The van der Waals surface area contributed by atoms with Crippen LogP contribution in [0.1, 0.15) is 28.4 Å². The molecule has 20 heavy (non-hydrogen) atoms. The van der Waals surface area contributed by atoms with Gasteiger partial charge < -0.3 is 9.47 Å². The van der Waals surface area contributed by atoms with Crippen LogP contribution in [0.2, 0.25) is 0 Å². The molecule has 0 N–H and O–H groups in total. The lowest BCUT2D eigenvalue weighted by Gasteiger charge is -2.39. The minimum atomic E-state index is -0.649. The van der Waals surface area contributed by atoms with E-state index in [-0.39, 0.29) is 12.3 Å². The molecule has 0 unspecified atom stereocenters. The summed E-state index contributed by atoms with van der Waals surface area (Å²) in [6.45, 7) is 2.19. The van der Waals surface area contributed by atoms with Gasteiger partial charge in [0.05, 0.1) is 26.2 Å². The van der Waals surface area contributed by atoms with Gasteiger partial charge >= 0.3 is 5.97 Å². The van der Waals surface area contributed by atoms with Gasteiger partial charge in [-0.15, -0.1) is 0 Å². The Morgan fingerprint density at radius 3 is 2.80 bits per heavy atom. The molecule has 0 radical (unpaired) electrons. The maximum absolute atomic E-state index is 12.2. The maximum Gasteiger partial charge on any atom is 0.337 e. The van der Waals surface area contributed by atoms with Gasteiger partial charge in [-0.05, 0) is 24.6 Å². The smallest absolute Gasteiger partial charge is 0.337 e. The lowest BCUT2D eigenvalue weighted by molar-refractivity contribution is -0.212. The first-order valence-electron chi connectivity index (χ1n) is 6.27. The fourth-order valence-corrected chi connectivity index (χ4v) is 3.04. The average Bonchev–Trinajstić information content (AvgIpc) is 2.77. The van der Waals surface area contributed by atoms with E-state index in [0.29, 0.717) is 17.9 Å². The predicted octanol–water partition coefficient (Wildman–Crippen LogP) is 1.03. The largest absolute Gasteiger partial charge is 0.490 e. The highest BCUT2D eigenvalue weighted by atomic mass is 16.7. The molecule has 2 aliphatic rings. The molecule has 6 heteroatoms. The highest BCUT2D eigenvalue weighted by Gasteiger charge is 2.50. The number of hydrogen-bond donors (Lipinski definition) is 0. The van der Waals surface area contributed by atoms with Crippen molar-refractivity contribution >= 4 is 11.9 Å². The topological polar surface area (TPSA) is 65.1 Å². The molecule has 0 bridgehead atoms. The quantitative estimate of drug-likeness (QED) is 0.755. The lowest BCUT2D eigenvalue weighted by atomic mass is 9.83. The van der Waals surface area contributed by atoms with Crippen LogP contribution in [0.15, 0.2) is 12.1 Å². The van der Waals surface area contributed by atoms with E-state index in [2.05, 4.69) is 0 Å². The van der Waals surface area contributed by atoms with Crippen molar-refractivity contribution in [2.24, 2.45) is 0 Å². The van der Waals surface area contributed by atoms with Gasteiger partial charge in [0.2, 0.25) is 0 Å². The Labute approximate surface area is 116 Å². The molecule has 0 spiro atoms. The summed E-state index contributed by atoms with van der Waals surface area (Å²) in [6, 6.07) is 3.35. The summed E-state index contributed by atoms with van der Waals surface area (Å²) in [5, 5.41) is 1.35. The van der Waals surface area contributed by atoms with E-state index in [1.807, 2.05) is 6.92 Å². The molecule has 3 rings (SSSR count). The van der Waals surface area contributed by atoms with Gasteiger partial charge in [0, 0.05) is 5.56 Å². The van der Waals surface area contributed by atoms with Crippen molar-refractivity contribution in [2.75, 3.05) is 20.8 Å². The monoisotopic (exact) mass is 277 g/mol. The summed E-state index contributed by atoms with van der Waals surface area (Å²) in [5.74, 6) is 0.0174. The number of methoxy groups -OCH3 is 1. The first kappa shape index (κ1) is 12.9. The van der Waals surface area contributed by atoms with Crippen LogP contribution >= 0.6 is 0 Å². The minimum Gasteiger partial charge on any atom is -0.490 e. The molecule has 0 saturated carbocycles. The van der Waals surface area contributed by atoms with Gasteiger partial charge in [0.25, 0.3) is 5.91 Å². The van der Waals surface area contributed by atoms with Crippen molar-refractivity contribution in [3.8, 4) is 5.75 Å². The van der Waals surface area contributed by atoms with Gasteiger partial charge in [-0.3, -0.25) is 9.63 Å². The summed E-state index contributed by atoms with van der Waals surface area (Å²) < 4.78 is 10.4. The van der Waals surface area contributed by atoms with E-state index < -0.39 is 11.5 Å². The van der Waals surface area contributed by atoms with Gasteiger partial charge in [-0.25, -0.2) is 9.86 Å².